The zero-order chi connectivity index (χ0) is 9.12. The Bertz CT molecular complexity index is 121. The molecule has 0 aromatic rings. The molecule has 1 atom stereocenters. The summed E-state index contributed by atoms with van der Waals surface area (Å²) >= 11 is 0. The van der Waals surface area contributed by atoms with Crippen LogP contribution in [0.15, 0.2) is 0 Å². The summed E-state index contributed by atoms with van der Waals surface area (Å²) in [6, 6.07) is 0. The van der Waals surface area contributed by atoms with Crippen molar-refractivity contribution < 1.29 is 18.3 Å². The van der Waals surface area contributed by atoms with Gasteiger partial charge >= 0.3 is 6.18 Å². The van der Waals surface area contributed by atoms with Gasteiger partial charge in [-0.25, -0.2) is 0 Å². The van der Waals surface area contributed by atoms with Gasteiger partial charge in [-0.1, -0.05) is 0 Å². The molecule has 0 bridgehead atoms. The van der Waals surface area contributed by atoms with Crippen LogP contribution in [0, 0.1) is 0 Å². The number of hydrogen-bond acceptors (Lipinski definition) is 2. The minimum Gasteiger partial charge on any atom is -0.389 e. The SMILES string of the molecule is CC(O)(CN)CCC(F)(F)F. The largest absolute Gasteiger partial charge is 0.389 e. The fourth-order valence-corrected chi connectivity index (χ4v) is 0.513. The molecule has 0 aliphatic carbocycles. The lowest BCUT2D eigenvalue weighted by molar-refractivity contribution is -0.144. The maximum absolute atomic E-state index is 11.6. The van der Waals surface area contributed by atoms with Crippen LogP contribution in [0.4, 0.5) is 13.2 Å². The Kier molecular flexibility index (Phi) is 3.31. The highest BCUT2D eigenvalue weighted by Crippen LogP contribution is 2.25. The van der Waals surface area contributed by atoms with Crippen LogP contribution in [0.3, 0.4) is 0 Å². The minimum atomic E-state index is -4.21. The van der Waals surface area contributed by atoms with E-state index in [1.54, 1.807) is 0 Å². The molecule has 68 valence electrons. The molecule has 0 aromatic carbocycles. The smallest absolute Gasteiger partial charge is 0.389 e. The molecule has 0 saturated heterocycles. The standard InChI is InChI=1S/C6H12F3NO/c1-5(11,4-10)2-3-6(7,8)9/h11H,2-4,10H2,1H3. The second kappa shape index (κ2) is 3.40. The van der Waals surface area contributed by atoms with Crippen molar-refractivity contribution in [1.29, 1.82) is 0 Å². The summed E-state index contributed by atoms with van der Waals surface area (Å²) in [7, 11) is 0. The van der Waals surface area contributed by atoms with Crippen LogP contribution in [0.2, 0.25) is 0 Å². The lowest BCUT2D eigenvalue weighted by atomic mass is 10.0. The van der Waals surface area contributed by atoms with E-state index in [4.69, 9.17) is 10.8 Å². The molecule has 11 heavy (non-hydrogen) atoms. The van der Waals surface area contributed by atoms with Gasteiger partial charge in [0, 0.05) is 13.0 Å². The predicted octanol–water partition coefficient (Wildman–Crippen LogP) is 1.04. The lowest BCUT2D eigenvalue weighted by Crippen LogP contribution is -2.35. The number of halogens is 3. The molecule has 0 radical (unpaired) electrons. The van der Waals surface area contributed by atoms with Crippen molar-refractivity contribution in [2.75, 3.05) is 6.54 Å². The van der Waals surface area contributed by atoms with Crippen LogP contribution >= 0.6 is 0 Å². The fourth-order valence-electron chi connectivity index (χ4n) is 0.513. The molecule has 5 heteroatoms. The predicted molar refractivity (Wildman–Crippen MR) is 35.0 cm³/mol. The van der Waals surface area contributed by atoms with Gasteiger partial charge in [0.15, 0.2) is 0 Å². The first-order chi connectivity index (χ1) is 4.77. The normalized spacial score (nSPS) is 18.0. The Morgan fingerprint density at radius 2 is 1.73 bits per heavy atom. The molecule has 0 saturated carbocycles. The molecule has 0 heterocycles. The number of aliphatic hydroxyl groups is 1. The number of hydrogen-bond donors (Lipinski definition) is 2. The maximum Gasteiger partial charge on any atom is 0.389 e. The zero-order valence-corrected chi connectivity index (χ0v) is 6.28. The third kappa shape index (κ3) is 6.12. The summed E-state index contributed by atoms with van der Waals surface area (Å²) in [6.07, 6.45) is -5.54. The van der Waals surface area contributed by atoms with Gasteiger partial charge in [0.05, 0.1) is 5.60 Å². The molecule has 0 spiro atoms. The maximum atomic E-state index is 11.6. The quantitative estimate of drug-likeness (QED) is 0.666. The van der Waals surface area contributed by atoms with Gasteiger partial charge in [0.2, 0.25) is 0 Å². The summed E-state index contributed by atoms with van der Waals surface area (Å²) in [5.41, 5.74) is 3.62. The van der Waals surface area contributed by atoms with E-state index in [0.717, 1.165) is 0 Å². The van der Waals surface area contributed by atoms with Crippen LogP contribution in [-0.2, 0) is 0 Å². The molecule has 0 aromatic heterocycles. The van der Waals surface area contributed by atoms with Gasteiger partial charge in [0.1, 0.15) is 0 Å². The van der Waals surface area contributed by atoms with Gasteiger partial charge in [0.25, 0.3) is 0 Å². The van der Waals surface area contributed by atoms with Crippen molar-refractivity contribution in [2.45, 2.75) is 31.5 Å². The molecule has 0 aliphatic heterocycles. The molecular formula is C6H12F3NO. The van der Waals surface area contributed by atoms with Gasteiger partial charge < -0.3 is 10.8 Å². The minimum absolute atomic E-state index is 0.150. The first-order valence-corrected chi connectivity index (χ1v) is 3.26. The van der Waals surface area contributed by atoms with Gasteiger partial charge in [-0.15, -0.1) is 0 Å². The lowest BCUT2D eigenvalue weighted by Gasteiger charge is -2.21. The van der Waals surface area contributed by atoms with E-state index >= 15 is 0 Å². The van der Waals surface area contributed by atoms with Crippen molar-refractivity contribution in [3.8, 4) is 0 Å². The Morgan fingerprint density at radius 1 is 1.27 bits per heavy atom. The second-order valence-electron chi connectivity index (χ2n) is 2.82. The highest BCUT2D eigenvalue weighted by molar-refractivity contribution is 4.74. The molecule has 0 amide bonds. The van der Waals surface area contributed by atoms with Gasteiger partial charge in [-0.2, -0.15) is 13.2 Å². The van der Waals surface area contributed by atoms with Crippen LogP contribution in [-0.4, -0.2) is 23.4 Å². The van der Waals surface area contributed by atoms with Crippen LogP contribution in [0.25, 0.3) is 0 Å². The molecular weight excluding hydrogens is 159 g/mol. The molecule has 1 unspecified atom stereocenters. The first-order valence-electron chi connectivity index (χ1n) is 3.26. The molecule has 0 aliphatic rings. The number of rotatable bonds is 3. The average molecular weight is 171 g/mol. The van der Waals surface area contributed by atoms with E-state index in [1.165, 1.54) is 6.92 Å². The van der Waals surface area contributed by atoms with E-state index in [9.17, 15) is 13.2 Å². The number of nitrogens with two attached hydrogens (primary N) is 1. The monoisotopic (exact) mass is 171 g/mol. The summed E-state index contributed by atoms with van der Waals surface area (Å²) in [6.45, 7) is 1.14. The second-order valence-corrected chi connectivity index (χ2v) is 2.82. The first kappa shape index (κ1) is 10.7. The van der Waals surface area contributed by atoms with Crippen molar-refractivity contribution in [3.05, 3.63) is 0 Å². The van der Waals surface area contributed by atoms with Crippen molar-refractivity contribution in [1.82, 2.24) is 0 Å². The Hall–Kier alpha value is -0.290. The van der Waals surface area contributed by atoms with Crippen LogP contribution in [0.5, 0.6) is 0 Å². The third-order valence-electron chi connectivity index (χ3n) is 1.39. The van der Waals surface area contributed by atoms with E-state index < -0.39 is 18.2 Å². The van der Waals surface area contributed by atoms with E-state index in [2.05, 4.69) is 0 Å². The fraction of sp³-hybridized carbons (Fsp3) is 1.00. The Labute approximate surface area is 63.2 Å². The number of alkyl halides is 3. The topological polar surface area (TPSA) is 46.2 Å². The molecule has 2 nitrogen and oxygen atoms in total. The average Bonchev–Trinajstić information content (AvgIpc) is 1.83. The molecule has 0 fully saturated rings. The highest BCUT2D eigenvalue weighted by atomic mass is 19.4. The Balaban J connectivity index is 3.70. The van der Waals surface area contributed by atoms with Crippen LogP contribution in [0.1, 0.15) is 19.8 Å². The summed E-state index contributed by atoms with van der Waals surface area (Å²) in [4.78, 5) is 0. The Morgan fingerprint density at radius 3 is 2.00 bits per heavy atom. The van der Waals surface area contributed by atoms with Crippen LogP contribution < -0.4 is 5.73 Å². The summed E-state index contributed by atoms with van der Waals surface area (Å²) < 4.78 is 34.7. The molecule has 0 rings (SSSR count). The van der Waals surface area contributed by atoms with Gasteiger partial charge in [-0.05, 0) is 13.3 Å². The van der Waals surface area contributed by atoms with Crippen molar-refractivity contribution >= 4 is 0 Å². The third-order valence-corrected chi connectivity index (χ3v) is 1.39. The van der Waals surface area contributed by atoms with Crippen molar-refractivity contribution in [3.63, 3.8) is 0 Å². The summed E-state index contributed by atoms with van der Waals surface area (Å²) in [5.74, 6) is 0. The van der Waals surface area contributed by atoms with E-state index in [0.29, 0.717) is 0 Å². The highest BCUT2D eigenvalue weighted by Gasteiger charge is 2.31. The van der Waals surface area contributed by atoms with Gasteiger partial charge in [-0.3, -0.25) is 0 Å². The van der Waals surface area contributed by atoms with Crippen molar-refractivity contribution in [2.24, 2.45) is 5.73 Å². The summed E-state index contributed by atoms with van der Waals surface area (Å²) in [5, 5.41) is 9.06. The zero-order valence-electron chi connectivity index (χ0n) is 6.28. The molecule has 3 N–H and O–H groups in total. The van der Waals surface area contributed by atoms with E-state index in [1.807, 2.05) is 0 Å². The van der Waals surface area contributed by atoms with E-state index in [-0.39, 0.29) is 13.0 Å².